The van der Waals surface area contributed by atoms with Gasteiger partial charge in [-0.1, -0.05) is 94.5 Å². The van der Waals surface area contributed by atoms with Gasteiger partial charge in [0.05, 0.1) is 4.90 Å². The number of allylic oxidation sites excluding steroid dienone is 2. The molecule has 0 saturated carbocycles. The Kier molecular flexibility index (Phi) is 12.5. The number of nitrogens with zero attached hydrogens (tertiary/aromatic N) is 2. The van der Waals surface area contributed by atoms with Crippen molar-refractivity contribution in [2.45, 2.75) is 63.5 Å². The highest BCUT2D eigenvalue weighted by Gasteiger charge is 2.26. The van der Waals surface area contributed by atoms with Crippen molar-refractivity contribution in [1.29, 1.82) is 0 Å². The summed E-state index contributed by atoms with van der Waals surface area (Å²) in [6.45, 7) is 12.9. The minimum absolute atomic E-state index is 0.329. The lowest BCUT2D eigenvalue weighted by Gasteiger charge is -2.24. The average Bonchev–Trinajstić information content (AvgIpc) is 2.98. The van der Waals surface area contributed by atoms with Crippen LogP contribution in [0.5, 0.6) is 0 Å². The van der Waals surface area contributed by atoms with Crippen LogP contribution in [0.1, 0.15) is 69.8 Å². The van der Waals surface area contributed by atoms with E-state index in [0.717, 1.165) is 68.7 Å². The van der Waals surface area contributed by atoms with Crippen LogP contribution in [0.4, 0.5) is 11.4 Å². The maximum atomic E-state index is 13.7. The molecule has 3 aromatic carbocycles. The predicted molar refractivity (Wildman–Crippen MR) is 173 cm³/mol. The first-order valence-electron chi connectivity index (χ1n) is 14.8. The predicted octanol–water partition coefficient (Wildman–Crippen LogP) is 8.72. The summed E-state index contributed by atoms with van der Waals surface area (Å²) in [7, 11) is -3.62. The molecule has 4 nitrogen and oxygen atoms in total. The number of anilines is 2. The Morgan fingerprint density at radius 3 is 1.57 bits per heavy atom. The first-order valence-corrected chi connectivity index (χ1v) is 16.3. The van der Waals surface area contributed by atoms with Gasteiger partial charge in [-0.2, -0.15) is 0 Å². The van der Waals surface area contributed by atoms with Crippen LogP contribution in [-0.2, 0) is 9.84 Å². The normalized spacial score (nSPS) is 12.7. The molecule has 214 valence electrons. The second kappa shape index (κ2) is 16.1. The van der Waals surface area contributed by atoms with E-state index in [1.165, 1.54) is 5.69 Å². The summed E-state index contributed by atoms with van der Waals surface area (Å²) in [5.74, 6) is 0. The number of rotatable bonds is 16. The van der Waals surface area contributed by atoms with Gasteiger partial charge >= 0.3 is 0 Å². The lowest BCUT2D eigenvalue weighted by Crippen LogP contribution is -2.24. The molecule has 0 aliphatic heterocycles. The van der Waals surface area contributed by atoms with Crippen molar-refractivity contribution in [1.82, 2.24) is 0 Å². The maximum absolute atomic E-state index is 13.7. The van der Waals surface area contributed by atoms with Gasteiger partial charge in [-0.25, -0.2) is 8.42 Å². The van der Waals surface area contributed by atoms with Gasteiger partial charge in [0.1, 0.15) is 5.25 Å². The van der Waals surface area contributed by atoms with E-state index in [9.17, 15) is 8.42 Å². The Morgan fingerprint density at radius 2 is 1.10 bits per heavy atom. The number of benzene rings is 3. The van der Waals surface area contributed by atoms with Gasteiger partial charge < -0.3 is 9.80 Å². The molecule has 3 aromatic rings. The van der Waals surface area contributed by atoms with E-state index in [0.29, 0.717) is 4.90 Å². The molecule has 0 radical (unpaired) electrons. The first kappa shape index (κ1) is 31.2. The van der Waals surface area contributed by atoms with Crippen LogP contribution in [0.2, 0.25) is 0 Å². The van der Waals surface area contributed by atoms with Crippen molar-refractivity contribution in [3.63, 3.8) is 0 Å². The van der Waals surface area contributed by atoms with Crippen molar-refractivity contribution < 1.29 is 8.42 Å². The number of hydrogen-bond acceptors (Lipinski definition) is 4. The third-order valence-corrected chi connectivity index (χ3v) is 8.94. The van der Waals surface area contributed by atoms with E-state index in [2.05, 4.69) is 73.9 Å². The van der Waals surface area contributed by atoms with Crippen molar-refractivity contribution >= 4 is 27.3 Å². The zero-order valence-corrected chi connectivity index (χ0v) is 25.5. The molecule has 0 bridgehead atoms. The van der Waals surface area contributed by atoms with E-state index in [-0.39, 0.29) is 0 Å². The van der Waals surface area contributed by atoms with Crippen LogP contribution < -0.4 is 9.80 Å². The molecule has 40 heavy (non-hydrogen) atoms. The number of sulfone groups is 1. The van der Waals surface area contributed by atoms with Crippen LogP contribution in [0.15, 0.2) is 102 Å². The Hall–Kier alpha value is -3.31. The summed E-state index contributed by atoms with van der Waals surface area (Å²) < 4.78 is 27.5. The molecular formula is C35H46N2O2S. The molecule has 0 fully saturated rings. The SMILES string of the molecule is CCCN(CCC)c1ccc(C=CC=CC(c2ccc(N(CCC)CCC)cc2)S(=O)(=O)c2ccccc2)cc1. The fourth-order valence-corrected chi connectivity index (χ4v) is 6.62. The van der Waals surface area contributed by atoms with Gasteiger partial charge in [-0.3, -0.25) is 0 Å². The standard InChI is InChI=1S/C35H46N2O2S/c1-5-26-36(27-6-2)32-22-18-30(19-23-32)14-12-13-17-35(40(38,39)34-15-10-9-11-16-34)31-20-24-33(25-21-31)37(28-7-3)29-8-4/h9-25,35H,5-8,26-29H2,1-4H3. The second-order valence-corrected chi connectivity index (χ2v) is 12.2. The van der Waals surface area contributed by atoms with Gasteiger partial charge in [0, 0.05) is 37.6 Å². The Balaban J connectivity index is 1.85. The Labute approximate surface area is 243 Å². The highest BCUT2D eigenvalue weighted by Crippen LogP contribution is 2.32. The average molecular weight is 559 g/mol. The van der Waals surface area contributed by atoms with E-state index < -0.39 is 15.1 Å². The monoisotopic (exact) mass is 558 g/mol. The summed E-state index contributed by atoms with van der Waals surface area (Å²) in [5, 5.41) is -0.779. The Bertz CT molecular complexity index is 1290. The lowest BCUT2D eigenvalue weighted by atomic mass is 10.1. The minimum atomic E-state index is -3.62. The van der Waals surface area contributed by atoms with E-state index in [4.69, 9.17) is 0 Å². The summed E-state index contributed by atoms with van der Waals surface area (Å²) in [6, 6.07) is 25.3. The van der Waals surface area contributed by atoms with Crippen LogP contribution in [0, 0.1) is 0 Å². The highest BCUT2D eigenvalue weighted by atomic mass is 32.2. The molecular weight excluding hydrogens is 512 g/mol. The topological polar surface area (TPSA) is 40.6 Å². The molecule has 1 atom stereocenters. The fourth-order valence-electron chi connectivity index (χ4n) is 4.97. The molecule has 0 aliphatic rings. The molecule has 0 spiro atoms. The lowest BCUT2D eigenvalue weighted by molar-refractivity contribution is 0.590. The van der Waals surface area contributed by atoms with Gasteiger partial charge in [0.25, 0.3) is 0 Å². The third kappa shape index (κ3) is 8.59. The summed E-state index contributed by atoms with van der Waals surface area (Å²) in [5.41, 5.74) is 4.22. The van der Waals surface area contributed by atoms with Gasteiger partial charge in [0.2, 0.25) is 0 Å². The quantitative estimate of drug-likeness (QED) is 0.165. The fraction of sp³-hybridized carbons (Fsp3) is 0.371. The first-order chi connectivity index (χ1) is 19.4. The summed E-state index contributed by atoms with van der Waals surface area (Å²) in [4.78, 5) is 5.11. The molecule has 1 unspecified atom stereocenters. The molecule has 0 aliphatic carbocycles. The van der Waals surface area contributed by atoms with E-state index in [1.807, 2.05) is 36.4 Å². The minimum Gasteiger partial charge on any atom is -0.372 e. The smallest absolute Gasteiger partial charge is 0.188 e. The largest absolute Gasteiger partial charge is 0.372 e. The van der Waals surface area contributed by atoms with Crippen molar-refractivity contribution in [3.05, 3.63) is 108 Å². The number of hydrogen-bond donors (Lipinski definition) is 0. The van der Waals surface area contributed by atoms with Crippen LogP contribution in [0.25, 0.3) is 6.08 Å². The summed E-state index contributed by atoms with van der Waals surface area (Å²) >= 11 is 0. The van der Waals surface area contributed by atoms with E-state index >= 15 is 0 Å². The molecule has 0 saturated heterocycles. The van der Waals surface area contributed by atoms with Gasteiger partial charge in [-0.05, 0) is 73.2 Å². The van der Waals surface area contributed by atoms with Crippen molar-refractivity contribution in [3.8, 4) is 0 Å². The second-order valence-electron chi connectivity index (χ2n) is 10.2. The highest BCUT2D eigenvalue weighted by molar-refractivity contribution is 7.91. The van der Waals surface area contributed by atoms with Crippen LogP contribution >= 0.6 is 0 Å². The van der Waals surface area contributed by atoms with Crippen LogP contribution in [-0.4, -0.2) is 34.6 Å². The summed E-state index contributed by atoms with van der Waals surface area (Å²) in [6.07, 6.45) is 12.0. The molecule has 3 rings (SSSR count). The zero-order chi connectivity index (χ0) is 28.8. The van der Waals surface area contributed by atoms with Crippen LogP contribution in [0.3, 0.4) is 0 Å². The van der Waals surface area contributed by atoms with Crippen molar-refractivity contribution in [2.24, 2.45) is 0 Å². The molecule has 0 heterocycles. The molecule has 0 N–H and O–H groups in total. The molecule has 0 amide bonds. The van der Waals surface area contributed by atoms with Gasteiger partial charge in [-0.15, -0.1) is 0 Å². The molecule has 0 aromatic heterocycles. The zero-order valence-electron chi connectivity index (χ0n) is 24.7. The Morgan fingerprint density at radius 1 is 0.625 bits per heavy atom. The third-order valence-electron chi connectivity index (χ3n) is 6.91. The van der Waals surface area contributed by atoms with Gasteiger partial charge in [0.15, 0.2) is 9.84 Å². The molecule has 5 heteroatoms. The maximum Gasteiger partial charge on any atom is 0.188 e. The van der Waals surface area contributed by atoms with Crippen molar-refractivity contribution in [2.75, 3.05) is 36.0 Å². The van der Waals surface area contributed by atoms with E-state index in [1.54, 1.807) is 30.3 Å².